The van der Waals surface area contributed by atoms with Gasteiger partial charge in [-0.25, -0.2) is 0 Å². The van der Waals surface area contributed by atoms with E-state index >= 15 is 0 Å². The molecule has 0 aliphatic carbocycles. The largest absolute Gasteiger partial charge is 0.478 e. The molecule has 6 nitrogen and oxygen atoms in total. The van der Waals surface area contributed by atoms with Crippen LogP contribution in [0.1, 0.15) is 40.3 Å². The topological polar surface area (TPSA) is 70.5 Å². The third kappa shape index (κ3) is 7.79. The van der Waals surface area contributed by atoms with Gasteiger partial charge in [0.25, 0.3) is 0 Å². The van der Waals surface area contributed by atoms with Crippen molar-refractivity contribution in [1.82, 2.24) is 9.97 Å². The van der Waals surface area contributed by atoms with Crippen LogP contribution >= 0.6 is 28.5 Å². The summed E-state index contributed by atoms with van der Waals surface area (Å²) in [5, 5.41) is 0.225. The lowest BCUT2D eigenvalue weighted by Gasteiger charge is -2.18. The number of hydrogen-bond acceptors (Lipinski definition) is 8. The van der Waals surface area contributed by atoms with Gasteiger partial charge in [0.2, 0.25) is 5.88 Å². The van der Waals surface area contributed by atoms with Crippen molar-refractivity contribution in [1.29, 1.82) is 0 Å². The van der Waals surface area contributed by atoms with Crippen molar-refractivity contribution in [2.24, 2.45) is 0 Å². The maximum absolute atomic E-state index is 12.8. The van der Waals surface area contributed by atoms with E-state index in [-0.39, 0.29) is 11.3 Å². The highest BCUT2D eigenvalue weighted by molar-refractivity contribution is 8.89. The van der Waals surface area contributed by atoms with E-state index in [1.165, 1.54) is 22.8 Å². The smallest absolute Gasteiger partial charge is 0.319 e. The van der Waals surface area contributed by atoms with Crippen LogP contribution in [0.2, 0.25) is 0 Å². The zero-order valence-corrected chi connectivity index (χ0v) is 16.8. The maximum atomic E-state index is 12.8. The Morgan fingerprint density at radius 1 is 1.13 bits per heavy atom. The number of hydrogen-bond donors (Lipinski definition) is 0. The van der Waals surface area contributed by atoms with Crippen molar-refractivity contribution in [2.45, 2.75) is 45.6 Å². The summed E-state index contributed by atoms with van der Waals surface area (Å²) in [6.07, 6.45) is 0. The van der Waals surface area contributed by atoms with E-state index in [0.29, 0.717) is 37.1 Å². The molecular weight excluding hydrogens is 355 g/mol. The molecule has 0 fully saturated rings. The Kier molecular flexibility index (Phi) is 9.36. The molecule has 0 aliphatic heterocycles. The van der Waals surface area contributed by atoms with Crippen molar-refractivity contribution in [2.75, 3.05) is 19.8 Å². The van der Waals surface area contributed by atoms with Gasteiger partial charge < -0.3 is 14.0 Å². The van der Waals surface area contributed by atoms with Gasteiger partial charge in [-0.05, 0) is 20.8 Å². The van der Waals surface area contributed by atoms with Gasteiger partial charge in [0.15, 0.2) is 0 Å². The zero-order valence-electron chi connectivity index (χ0n) is 14.3. The first-order valence-corrected chi connectivity index (χ1v) is 12.3. The van der Waals surface area contributed by atoms with E-state index in [0.717, 1.165) is 0 Å². The highest BCUT2D eigenvalue weighted by atomic mass is 33.1. The van der Waals surface area contributed by atoms with Crippen LogP contribution in [0.4, 0.5) is 0 Å². The summed E-state index contributed by atoms with van der Waals surface area (Å²) in [4.78, 5) is 8.50. The average molecular weight is 380 g/mol. The van der Waals surface area contributed by atoms with Gasteiger partial charge >= 0.3 is 11.8 Å². The number of ether oxygens (including phenoxy) is 2. The number of nitrogens with zero attached hydrogens (tertiary/aromatic N) is 2. The van der Waals surface area contributed by atoms with Gasteiger partial charge in [-0.15, -0.1) is 0 Å². The molecular formula is C14H25N2O4PS2. The quantitative estimate of drug-likeness (QED) is 0.507. The molecule has 0 spiro atoms. The summed E-state index contributed by atoms with van der Waals surface area (Å²) in [6, 6.07) is 2.02. The lowest BCUT2D eigenvalue weighted by atomic mass is 10.4. The standard InChI is InChI=1S/C14H25N2O4PS2/c1-6-18-13-9-12(15-14(16-13)19-7-2)10-22-21(17,20-8-3)23-11(4)5/h9,11H,6-8,10H2,1-5H3. The second-order valence-electron chi connectivity index (χ2n) is 4.64. The molecule has 132 valence electrons. The molecule has 1 heterocycles. The van der Waals surface area contributed by atoms with Gasteiger partial charge in [-0.3, -0.25) is 4.57 Å². The van der Waals surface area contributed by atoms with Gasteiger partial charge in [-0.2, -0.15) is 9.97 Å². The number of rotatable bonds is 11. The van der Waals surface area contributed by atoms with Crippen LogP contribution in [0.25, 0.3) is 0 Å². The molecule has 0 saturated carbocycles. The molecule has 0 N–H and O–H groups in total. The SMILES string of the molecule is CCOc1cc(CSP(=O)(OCC)SC(C)C)nc(OCC)n1. The Bertz CT molecular complexity index is 507. The van der Waals surface area contributed by atoms with E-state index in [2.05, 4.69) is 9.97 Å². The van der Waals surface area contributed by atoms with E-state index in [9.17, 15) is 4.57 Å². The minimum atomic E-state index is -2.81. The summed E-state index contributed by atoms with van der Waals surface area (Å²) in [5.74, 6) is -1.90. The molecule has 1 aromatic rings. The van der Waals surface area contributed by atoms with Crippen molar-refractivity contribution in [3.63, 3.8) is 0 Å². The van der Waals surface area contributed by atoms with Crippen molar-refractivity contribution in [3.05, 3.63) is 11.8 Å². The Labute approximate surface area is 146 Å². The van der Waals surface area contributed by atoms with Gasteiger partial charge in [-0.1, -0.05) is 36.6 Å². The first kappa shape index (κ1) is 20.6. The fraction of sp³-hybridized carbons (Fsp3) is 0.714. The minimum Gasteiger partial charge on any atom is -0.478 e. The van der Waals surface area contributed by atoms with Crippen LogP contribution in [0.3, 0.4) is 0 Å². The molecule has 0 aromatic carbocycles. The maximum Gasteiger partial charge on any atom is 0.319 e. The Morgan fingerprint density at radius 2 is 1.83 bits per heavy atom. The lowest BCUT2D eigenvalue weighted by molar-refractivity contribution is 0.288. The van der Waals surface area contributed by atoms with Crippen LogP contribution in [0, 0.1) is 0 Å². The Balaban J connectivity index is 2.86. The first-order valence-electron chi connectivity index (χ1n) is 7.63. The summed E-state index contributed by atoms with van der Waals surface area (Å²) in [5.41, 5.74) is 0.709. The summed E-state index contributed by atoms with van der Waals surface area (Å²) in [7, 11) is 0. The molecule has 23 heavy (non-hydrogen) atoms. The molecule has 1 rings (SSSR count). The van der Waals surface area contributed by atoms with Crippen LogP contribution in [0.5, 0.6) is 11.9 Å². The highest BCUT2D eigenvalue weighted by Crippen LogP contribution is 2.71. The summed E-state index contributed by atoms with van der Waals surface area (Å²) >= 11 is 2.64. The van der Waals surface area contributed by atoms with Crippen LogP contribution in [-0.2, 0) is 14.8 Å². The van der Waals surface area contributed by atoms with Crippen LogP contribution in [-0.4, -0.2) is 35.0 Å². The second-order valence-corrected chi connectivity index (χ2v) is 12.5. The molecule has 9 heteroatoms. The highest BCUT2D eigenvalue weighted by Gasteiger charge is 2.26. The Hall–Kier alpha value is -0.430. The van der Waals surface area contributed by atoms with Gasteiger partial charge in [0.05, 0.1) is 25.5 Å². The predicted octanol–water partition coefficient (Wildman–Crippen LogP) is 4.79. The van der Waals surface area contributed by atoms with E-state index in [1.54, 1.807) is 6.07 Å². The van der Waals surface area contributed by atoms with Crippen molar-refractivity contribution >= 4 is 28.5 Å². The zero-order chi connectivity index (χ0) is 17.3. The van der Waals surface area contributed by atoms with Crippen molar-refractivity contribution in [3.8, 4) is 11.9 Å². The van der Waals surface area contributed by atoms with E-state index in [1.807, 2.05) is 34.6 Å². The molecule has 1 unspecified atom stereocenters. The Morgan fingerprint density at radius 3 is 2.39 bits per heavy atom. The second kappa shape index (κ2) is 10.4. The molecule has 1 atom stereocenters. The fourth-order valence-corrected chi connectivity index (χ4v) is 9.28. The van der Waals surface area contributed by atoms with E-state index < -0.39 is 5.77 Å². The van der Waals surface area contributed by atoms with Crippen molar-refractivity contribution < 1.29 is 18.6 Å². The first-order chi connectivity index (χ1) is 10.9. The monoisotopic (exact) mass is 380 g/mol. The summed E-state index contributed by atoms with van der Waals surface area (Å²) in [6.45, 7) is 11.0. The van der Waals surface area contributed by atoms with Crippen LogP contribution < -0.4 is 9.47 Å². The van der Waals surface area contributed by atoms with Gasteiger partial charge in [0.1, 0.15) is 0 Å². The fourth-order valence-electron chi connectivity index (χ4n) is 1.60. The van der Waals surface area contributed by atoms with E-state index in [4.69, 9.17) is 14.0 Å². The average Bonchev–Trinajstić information content (AvgIpc) is 2.45. The molecule has 0 saturated heterocycles. The predicted molar refractivity (Wildman–Crippen MR) is 97.6 cm³/mol. The third-order valence-electron chi connectivity index (χ3n) is 2.30. The molecule has 0 amide bonds. The minimum absolute atomic E-state index is 0.225. The van der Waals surface area contributed by atoms with Gasteiger partial charge in [0, 0.05) is 17.1 Å². The van der Waals surface area contributed by atoms with Crippen LogP contribution in [0.15, 0.2) is 6.07 Å². The molecule has 0 radical (unpaired) electrons. The number of aromatic nitrogens is 2. The molecule has 0 bridgehead atoms. The molecule has 1 aromatic heterocycles. The third-order valence-corrected chi connectivity index (χ3v) is 10.0. The lowest BCUT2D eigenvalue weighted by Crippen LogP contribution is -2.03. The summed E-state index contributed by atoms with van der Waals surface area (Å²) < 4.78 is 29.1. The normalized spacial score (nSPS) is 13.8. The molecule has 0 aliphatic rings.